The molecule has 0 saturated heterocycles. The molecule has 0 fully saturated rings. The Bertz CT molecular complexity index is 150. The molecule has 0 radical (unpaired) electrons. The van der Waals surface area contributed by atoms with Gasteiger partial charge in [-0.3, -0.25) is 0 Å². The summed E-state index contributed by atoms with van der Waals surface area (Å²) in [5.74, 6) is 0. The summed E-state index contributed by atoms with van der Waals surface area (Å²) in [5.41, 5.74) is 0. The summed E-state index contributed by atoms with van der Waals surface area (Å²) in [6, 6.07) is 0. The predicted octanol–water partition coefficient (Wildman–Crippen LogP) is 1.97. The highest BCUT2D eigenvalue weighted by molar-refractivity contribution is 8.11. The van der Waals surface area contributed by atoms with Crippen LogP contribution >= 0.6 is 24.8 Å². The van der Waals surface area contributed by atoms with Crippen LogP contribution in [0.15, 0.2) is 0 Å². The largest absolute Gasteiger partial charge is 0.371 e. The summed E-state index contributed by atoms with van der Waals surface area (Å²) in [7, 11) is 0. The third kappa shape index (κ3) is 8.74. The fourth-order valence-electron chi connectivity index (χ4n) is 1.05. The Hall–Kier alpha value is 0.160. The summed E-state index contributed by atoms with van der Waals surface area (Å²) >= 11 is 8.73. The molecule has 0 unspecified atom stereocenters. The average Bonchev–Trinajstić information content (AvgIpc) is 2.12. The monoisotopic (exact) mass is 237 g/mol. The van der Waals surface area contributed by atoms with Crippen molar-refractivity contribution in [3.8, 4) is 0 Å². The smallest absolute Gasteiger partial charge is 0.157 e. The van der Waals surface area contributed by atoms with E-state index in [-0.39, 0.29) is 6.29 Å². The average molecular weight is 237 g/mol. The molecule has 0 saturated carbocycles. The van der Waals surface area contributed by atoms with Crippen molar-refractivity contribution in [3.63, 3.8) is 0 Å². The molecule has 0 spiro atoms. The van der Waals surface area contributed by atoms with E-state index >= 15 is 0 Å². The second-order valence-electron chi connectivity index (χ2n) is 2.71. The Morgan fingerprint density at radius 2 is 1.93 bits per heavy atom. The zero-order chi connectivity index (χ0) is 10.8. The number of nitrogens with one attached hydrogen (secondary N) is 1. The molecule has 0 atom stereocenters. The van der Waals surface area contributed by atoms with Crippen LogP contribution in [0.5, 0.6) is 0 Å². The van der Waals surface area contributed by atoms with E-state index in [0.29, 0.717) is 17.5 Å². The molecule has 0 aromatic rings. The summed E-state index contributed by atoms with van der Waals surface area (Å²) in [5, 5.41) is 2.97. The highest BCUT2D eigenvalue weighted by atomic mass is 32.1. The van der Waals surface area contributed by atoms with E-state index < -0.39 is 0 Å². The summed E-state index contributed by atoms with van der Waals surface area (Å²) in [4.78, 5) is 0. The first-order valence-corrected chi connectivity index (χ1v) is 5.76. The minimum absolute atomic E-state index is 0.0831. The molecular weight excluding hydrogens is 218 g/mol. The summed E-state index contributed by atoms with van der Waals surface area (Å²) in [6.07, 6.45) is 1.76. The van der Waals surface area contributed by atoms with E-state index in [0.717, 1.165) is 19.4 Å². The molecule has 0 amide bonds. The quantitative estimate of drug-likeness (QED) is 0.292. The van der Waals surface area contributed by atoms with Gasteiger partial charge in [0.05, 0.1) is 0 Å². The van der Waals surface area contributed by atoms with Gasteiger partial charge in [-0.25, -0.2) is 0 Å². The highest BCUT2D eigenvalue weighted by Gasteiger charge is 2.06. The number of hydrogen-bond acceptors (Lipinski definition) is 3. The SMILES string of the molecule is CCOC(CCCNC(=S)S)OCC. The topological polar surface area (TPSA) is 30.5 Å². The zero-order valence-corrected chi connectivity index (χ0v) is 10.5. The number of hydrogen-bond donors (Lipinski definition) is 2. The van der Waals surface area contributed by atoms with Crippen molar-refractivity contribution in [2.24, 2.45) is 0 Å². The summed E-state index contributed by atoms with van der Waals surface area (Å²) in [6.45, 7) is 6.12. The fraction of sp³-hybridized carbons (Fsp3) is 0.889. The minimum atomic E-state index is -0.0831. The number of rotatable bonds is 8. The van der Waals surface area contributed by atoms with Crippen LogP contribution in [0.1, 0.15) is 26.7 Å². The maximum Gasteiger partial charge on any atom is 0.157 e. The molecule has 3 nitrogen and oxygen atoms in total. The maximum atomic E-state index is 5.39. The molecule has 5 heteroatoms. The fourth-order valence-corrected chi connectivity index (χ4v) is 1.26. The first-order chi connectivity index (χ1) is 6.70. The van der Waals surface area contributed by atoms with Gasteiger partial charge in [0.15, 0.2) is 6.29 Å². The lowest BCUT2D eigenvalue weighted by atomic mass is 10.3. The van der Waals surface area contributed by atoms with E-state index in [1.807, 2.05) is 13.8 Å². The van der Waals surface area contributed by atoms with E-state index in [1.165, 1.54) is 0 Å². The zero-order valence-electron chi connectivity index (χ0n) is 8.78. The van der Waals surface area contributed by atoms with Crippen LogP contribution in [0.4, 0.5) is 0 Å². The lowest BCUT2D eigenvalue weighted by molar-refractivity contribution is -0.139. The van der Waals surface area contributed by atoms with Gasteiger partial charge in [-0.05, 0) is 20.3 Å². The minimum Gasteiger partial charge on any atom is -0.371 e. The van der Waals surface area contributed by atoms with Gasteiger partial charge in [0, 0.05) is 26.2 Å². The normalized spacial score (nSPS) is 10.6. The first-order valence-electron chi connectivity index (χ1n) is 4.90. The third-order valence-corrected chi connectivity index (χ3v) is 1.90. The molecule has 0 aromatic heterocycles. The maximum absolute atomic E-state index is 5.39. The number of thiol groups is 1. The molecule has 1 N–H and O–H groups in total. The van der Waals surface area contributed by atoms with Crippen LogP contribution in [0.3, 0.4) is 0 Å². The van der Waals surface area contributed by atoms with Gasteiger partial charge < -0.3 is 14.8 Å². The Kier molecular flexibility index (Phi) is 9.82. The molecule has 14 heavy (non-hydrogen) atoms. The van der Waals surface area contributed by atoms with Crippen LogP contribution in [-0.2, 0) is 9.47 Å². The molecule has 0 heterocycles. The van der Waals surface area contributed by atoms with Gasteiger partial charge in [0.2, 0.25) is 0 Å². The van der Waals surface area contributed by atoms with Crippen LogP contribution < -0.4 is 5.32 Å². The third-order valence-electron chi connectivity index (χ3n) is 1.60. The molecular formula is C9H19NO2S2. The number of ether oxygens (including phenoxy) is 2. The molecule has 0 bridgehead atoms. The lowest BCUT2D eigenvalue weighted by Gasteiger charge is -2.16. The van der Waals surface area contributed by atoms with Gasteiger partial charge in [-0.2, -0.15) is 0 Å². The molecule has 0 aliphatic heterocycles. The molecule has 0 aliphatic rings. The van der Waals surface area contributed by atoms with Gasteiger partial charge in [0.25, 0.3) is 0 Å². The van der Waals surface area contributed by atoms with Crippen molar-refractivity contribution in [2.45, 2.75) is 33.0 Å². The Morgan fingerprint density at radius 3 is 2.36 bits per heavy atom. The van der Waals surface area contributed by atoms with Crippen LogP contribution in [0.25, 0.3) is 0 Å². The predicted molar refractivity (Wildman–Crippen MR) is 65.9 cm³/mol. The van der Waals surface area contributed by atoms with E-state index in [4.69, 9.17) is 21.7 Å². The first kappa shape index (κ1) is 14.2. The standard InChI is InChI=1S/C9H19NO2S2/c1-3-11-8(12-4-2)6-5-7-10-9(13)14/h8H,3-7H2,1-2H3,(H2,10,13,14). The van der Waals surface area contributed by atoms with Crippen LogP contribution in [-0.4, -0.2) is 30.4 Å². The van der Waals surface area contributed by atoms with Crippen molar-refractivity contribution >= 4 is 29.2 Å². The van der Waals surface area contributed by atoms with Crippen LogP contribution in [0, 0.1) is 0 Å². The Labute approximate surface area is 96.9 Å². The molecule has 84 valence electrons. The van der Waals surface area contributed by atoms with E-state index in [2.05, 4.69) is 17.9 Å². The van der Waals surface area contributed by atoms with Crippen molar-refractivity contribution in [1.82, 2.24) is 5.32 Å². The Balaban J connectivity index is 3.44. The Morgan fingerprint density at radius 1 is 1.36 bits per heavy atom. The summed E-state index contributed by atoms with van der Waals surface area (Å²) < 4.78 is 11.3. The van der Waals surface area contributed by atoms with E-state index in [9.17, 15) is 0 Å². The van der Waals surface area contributed by atoms with Crippen LogP contribution in [0.2, 0.25) is 0 Å². The second kappa shape index (κ2) is 9.71. The van der Waals surface area contributed by atoms with Crippen molar-refractivity contribution in [3.05, 3.63) is 0 Å². The highest BCUT2D eigenvalue weighted by Crippen LogP contribution is 2.03. The van der Waals surface area contributed by atoms with Crippen molar-refractivity contribution in [2.75, 3.05) is 19.8 Å². The van der Waals surface area contributed by atoms with Crippen molar-refractivity contribution < 1.29 is 9.47 Å². The van der Waals surface area contributed by atoms with Gasteiger partial charge in [-0.15, -0.1) is 12.6 Å². The van der Waals surface area contributed by atoms with Gasteiger partial charge in [0.1, 0.15) is 4.32 Å². The number of thiocarbonyl (C=S) groups is 1. The molecule has 0 aliphatic carbocycles. The second-order valence-corrected chi connectivity index (χ2v) is 3.87. The molecule has 0 aromatic carbocycles. The molecule has 0 rings (SSSR count). The van der Waals surface area contributed by atoms with Crippen molar-refractivity contribution in [1.29, 1.82) is 0 Å². The van der Waals surface area contributed by atoms with Gasteiger partial charge >= 0.3 is 0 Å². The van der Waals surface area contributed by atoms with Gasteiger partial charge in [-0.1, -0.05) is 12.2 Å². The lowest BCUT2D eigenvalue weighted by Crippen LogP contribution is -2.22. The van der Waals surface area contributed by atoms with E-state index in [1.54, 1.807) is 0 Å².